The molecule has 1 aromatic heterocycles. The molecule has 6 nitrogen and oxygen atoms in total. The zero-order chi connectivity index (χ0) is 14.5. The van der Waals surface area contributed by atoms with Gasteiger partial charge in [0.25, 0.3) is 0 Å². The SMILES string of the molecule is O=C(O)C(F)(F)F.Oc1cccc(-n2nccn2)c1. The molecule has 0 saturated heterocycles. The summed E-state index contributed by atoms with van der Waals surface area (Å²) >= 11 is 0. The minimum absolute atomic E-state index is 0.213. The summed E-state index contributed by atoms with van der Waals surface area (Å²) < 4.78 is 31.7. The van der Waals surface area contributed by atoms with Crippen molar-refractivity contribution in [1.82, 2.24) is 15.0 Å². The van der Waals surface area contributed by atoms with Crippen LogP contribution >= 0.6 is 0 Å². The maximum absolute atomic E-state index is 10.6. The number of carboxylic acid groups (broad SMARTS) is 1. The fraction of sp³-hybridized carbons (Fsp3) is 0.100. The number of aromatic hydroxyl groups is 1. The smallest absolute Gasteiger partial charge is 0.490 e. The summed E-state index contributed by atoms with van der Waals surface area (Å²) in [5.74, 6) is -2.54. The number of benzene rings is 1. The van der Waals surface area contributed by atoms with Gasteiger partial charge in [0.1, 0.15) is 5.75 Å². The minimum atomic E-state index is -5.08. The second-order valence-corrected chi connectivity index (χ2v) is 3.14. The van der Waals surface area contributed by atoms with Crippen molar-refractivity contribution in [1.29, 1.82) is 0 Å². The van der Waals surface area contributed by atoms with Crippen LogP contribution in [0.2, 0.25) is 0 Å². The molecule has 0 bridgehead atoms. The average Bonchev–Trinajstić information content (AvgIpc) is 2.81. The first-order valence-corrected chi connectivity index (χ1v) is 4.76. The Balaban J connectivity index is 0.000000224. The number of hydrogen-bond donors (Lipinski definition) is 2. The molecule has 0 aliphatic rings. The van der Waals surface area contributed by atoms with Crippen molar-refractivity contribution in [2.75, 3.05) is 0 Å². The van der Waals surface area contributed by atoms with Crippen molar-refractivity contribution in [3.8, 4) is 11.4 Å². The molecule has 0 unspecified atom stereocenters. The van der Waals surface area contributed by atoms with E-state index < -0.39 is 12.1 Å². The van der Waals surface area contributed by atoms with E-state index in [1.807, 2.05) is 6.07 Å². The van der Waals surface area contributed by atoms with E-state index in [1.54, 1.807) is 30.6 Å². The minimum Gasteiger partial charge on any atom is -0.508 e. The summed E-state index contributed by atoms with van der Waals surface area (Å²) in [6.07, 6.45) is -1.91. The largest absolute Gasteiger partial charge is 0.508 e. The van der Waals surface area contributed by atoms with Crippen molar-refractivity contribution in [2.45, 2.75) is 6.18 Å². The molecule has 0 saturated carbocycles. The molecule has 0 fully saturated rings. The van der Waals surface area contributed by atoms with Crippen LogP contribution in [0, 0.1) is 0 Å². The normalized spacial score (nSPS) is 10.5. The number of carboxylic acids is 1. The standard InChI is InChI=1S/C8H7N3O.C2HF3O2/c12-8-3-1-2-7(6-8)11-9-4-5-10-11;3-2(4,5)1(6)7/h1-6,12H;(H,6,7). The van der Waals surface area contributed by atoms with Crippen molar-refractivity contribution >= 4 is 5.97 Å². The number of phenolic OH excluding ortho intramolecular Hbond substituents is 1. The summed E-state index contributed by atoms with van der Waals surface area (Å²) in [6.45, 7) is 0. The van der Waals surface area contributed by atoms with E-state index in [0.29, 0.717) is 0 Å². The molecule has 2 aromatic rings. The molecule has 0 aliphatic carbocycles. The van der Waals surface area contributed by atoms with Crippen LogP contribution in [-0.4, -0.2) is 37.4 Å². The molecule has 1 aromatic carbocycles. The number of aliphatic carboxylic acids is 1. The number of rotatable bonds is 1. The maximum atomic E-state index is 10.6. The number of halogens is 3. The Morgan fingerprint density at radius 3 is 2.16 bits per heavy atom. The highest BCUT2D eigenvalue weighted by Gasteiger charge is 2.38. The Labute approximate surface area is 104 Å². The van der Waals surface area contributed by atoms with Gasteiger partial charge in [-0.3, -0.25) is 0 Å². The van der Waals surface area contributed by atoms with Crippen LogP contribution in [0.1, 0.15) is 0 Å². The molecule has 2 rings (SSSR count). The van der Waals surface area contributed by atoms with E-state index in [0.717, 1.165) is 5.69 Å². The fourth-order valence-corrected chi connectivity index (χ4v) is 0.967. The highest BCUT2D eigenvalue weighted by atomic mass is 19.4. The van der Waals surface area contributed by atoms with Gasteiger partial charge in [-0.2, -0.15) is 28.2 Å². The van der Waals surface area contributed by atoms with Gasteiger partial charge in [0.05, 0.1) is 18.1 Å². The van der Waals surface area contributed by atoms with Crippen LogP contribution in [0.15, 0.2) is 36.7 Å². The van der Waals surface area contributed by atoms with E-state index in [1.165, 1.54) is 4.80 Å². The van der Waals surface area contributed by atoms with Crippen LogP contribution in [0.4, 0.5) is 13.2 Å². The Hall–Kier alpha value is -2.58. The second kappa shape index (κ2) is 5.85. The average molecular weight is 275 g/mol. The molecule has 9 heteroatoms. The lowest BCUT2D eigenvalue weighted by Gasteiger charge is -1.98. The third-order valence-corrected chi connectivity index (χ3v) is 1.72. The van der Waals surface area contributed by atoms with E-state index in [2.05, 4.69) is 10.2 Å². The van der Waals surface area contributed by atoms with Crippen LogP contribution in [0.25, 0.3) is 5.69 Å². The molecule has 0 amide bonds. The van der Waals surface area contributed by atoms with E-state index >= 15 is 0 Å². The van der Waals surface area contributed by atoms with Crippen LogP contribution < -0.4 is 0 Å². The van der Waals surface area contributed by atoms with Crippen molar-refractivity contribution < 1.29 is 28.2 Å². The number of hydrogen-bond acceptors (Lipinski definition) is 4. The molecule has 0 atom stereocenters. The third-order valence-electron chi connectivity index (χ3n) is 1.72. The number of aromatic nitrogens is 3. The maximum Gasteiger partial charge on any atom is 0.490 e. The lowest BCUT2D eigenvalue weighted by molar-refractivity contribution is -0.192. The van der Waals surface area contributed by atoms with Crippen LogP contribution in [-0.2, 0) is 4.79 Å². The van der Waals surface area contributed by atoms with Gasteiger partial charge in [-0.1, -0.05) is 6.07 Å². The Morgan fingerprint density at radius 2 is 1.74 bits per heavy atom. The molecule has 0 aliphatic heterocycles. The second-order valence-electron chi connectivity index (χ2n) is 3.14. The zero-order valence-electron chi connectivity index (χ0n) is 9.24. The van der Waals surface area contributed by atoms with E-state index in [4.69, 9.17) is 15.0 Å². The number of phenols is 1. The Bertz CT molecular complexity index is 540. The highest BCUT2D eigenvalue weighted by Crippen LogP contribution is 2.13. The van der Waals surface area contributed by atoms with Gasteiger partial charge in [0, 0.05) is 6.07 Å². The van der Waals surface area contributed by atoms with E-state index in [-0.39, 0.29) is 5.75 Å². The predicted octanol–water partition coefficient (Wildman–Crippen LogP) is 1.61. The van der Waals surface area contributed by atoms with Crippen LogP contribution in [0.3, 0.4) is 0 Å². The molecule has 0 radical (unpaired) electrons. The molecule has 1 heterocycles. The summed E-state index contributed by atoms with van der Waals surface area (Å²) in [4.78, 5) is 10.3. The summed E-state index contributed by atoms with van der Waals surface area (Å²) in [6, 6.07) is 6.76. The molecule has 19 heavy (non-hydrogen) atoms. The Kier molecular flexibility index (Phi) is 4.46. The lowest BCUT2D eigenvalue weighted by atomic mass is 10.3. The number of nitrogens with zero attached hydrogens (tertiary/aromatic N) is 3. The monoisotopic (exact) mass is 275 g/mol. The van der Waals surface area contributed by atoms with Crippen LogP contribution in [0.5, 0.6) is 5.75 Å². The molecule has 2 N–H and O–H groups in total. The van der Waals surface area contributed by atoms with Crippen molar-refractivity contribution in [3.63, 3.8) is 0 Å². The topological polar surface area (TPSA) is 88.2 Å². The first kappa shape index (κ1) is 14.5. The summed E-state index contributed by atoms with van der Waals surface area (Å²) in [5, 5.41) is 24.1. The molecule has 0 spiro atoms. The zero-order valence-corrected chi connectivity index (χ0v) is 9.24. The van der Waals surface area contributed by atoms with E-state index in [9.17, 15) is 13.2 Å². The van der Waals surface area contributed by atoms with Crippen molar-refractivity contribution in [3.05, 3.63) is 36.7 Å². The van der Waals surface area contributed by atoms with Gasteiger partial charge in [-0.15, -0.1) is 0 Å². The Morgan fingerprint density at radius 1 is 1.21 bits per heavy atom. The first-order valence-electron chi connectivity index (χ1n) is 4.76. The molecule has 102 valence electrons. The number of carbonyl (C=O) groups is 1. The molecular weight excluding hydrogens is 267 g/mol. The third kappa shape index (κ3) is 4.66. The predicted molar refractivity (Wildman–Crippen MR) is 56.7 cm³/mol. The van der Waals surface area contributed by atoms with Gasteiger partial charge >= 0.3 is 12.1 Å². The number of alkyl halides is 3. The van der Waals surface area contributed by atoms with Gasteiger partial charge in [-0.25, -0.2) is 4.79 Å². The van der Waals surface area contributed by atoms with Gasteiger partial charge < -0.3 is 10.2 Å². The van der Waals surface area contributed by atoms with Crippen molar-refractivity contribution in [2.24, 2.45) is 0 Å². The van der Waals surface area contributed by atoms with Gasteiger partial charge in [-0.05, 0) is 12.1 Å². The summed E-state index contributed by atoms with van der Waals surface area (Å²) in [5.41, 5.74) is 0.750. The van der Waals surface area contributed by atoms with Gasteiger partial charge in [0.15, 0.2) is 0 Å². The van der Waals surface area contributed by atoms with Gasteiger partial charge in [0.2, 0.25) is 0 Å². The molecular formula is C10H8F3N3O3. The first-order chi connectivity index (χ1) is 8.80. The highest BCUT2D eigenvalue weighted by molar-refractivity contribution is 5.73. The lowest BCUT2D eigenvalue weighted by Crippen LogP contribution is -2.21. The summed E-state index contributed by atoms with van der Waals surface area (Å²) in [7, 11) is 0. The fourth-order valence-electron chi connectivity index (χ4n) is 0.967. The quantitative estimate of drug-likeness (QED) is 0.825.